The molecule has 0 atom stereocenters. The lowest BCUT2D eigenvalue weighted by Crippen LogP contribution is -2.40. The zero-order valence-electron chi connectivity index (χ0n) is 9.56. The van der Waals surface area contributed by atoms with E-state index < -0.39 is 0 Å². The zero-order valence-corrected chi connectivity index (χ0v) is 12.0. The highest BCUT2D eigenvalue weighted by molar-refractivity contribution is 9.11. The van der Waals surface area contributed by atoms with Crippen molar-refractivity contribution in [2.45, 2.75) is 31.7 Å². The van der Waals surface area contributed by atoms with Crippen LogP contribution in [0.2, 0.25) is 0 Å². The standard InChI is InChI=1S/C12H16BrNO2S/c13-11-6-5-10(17-11)12(16)14(7-8-15)9-3-1-2-4-9/h5-6,9,15H,1-4,7-8H2. The number of halogens is 1. The van der Waals surface area contributed by atoms with Crippen LogP contribution in [0.15, 0.2) is 15.9 Å². The third-order valence-corrected chi connectivity index (χ3v) is 4.76. The van der Waals surface area contributed by atoms with Gasteiger partial charge in [0.2, 0.25) is 0 Å². The van der Waals surface area contributed by atoms with Crippen molar-refractivity contribution in [1.29, 1.82) is 0 Å². The molecule has 17 heavy (non-hydrogen) atoms. The number of aliphatic hydroxyl groups excluding tert-OH is 1. The van der Waals surface area contributed by atoms with Crippen LogP contribution in [0.4, 0.5) is 0 Å². The average molecular weight is 318 g/mol. The summed E-state index contributed by atoms with van der Waals surface area (Å²) in [7, 11) is 0. The predicted molar refractivity (Wildman–Crippen MR) is 72.4 cm³/mol. The molecule has 94 valence electrons. The highest BCUT2D eigenvalue weighted by Crippen LogP contribution is 2.28. The van der Waals surface area contributed by atoms with Gasteiger partial charge in [-0.3, -0.25) is 4.79 Å². The molecule has 1 aliphatic rings. The number of amides is 1. The quantitative estimate of drug-likeness (QED) is 0.927. The van der Waals surface area contributed by atoms with E-state index in [4.69, 9.17) is 5.11 Å². The summed E-state index contributed by atoms with van der Waals surface area (Å²) < 4.78 is 0.969. The lowest BCUT2D eigenvalue weighted by molar-refractivity contribution is 0.0643. The van der Waals surface area contributed by atoms with Gasteiger partial charge in [0, 0.05) is 12.6 Å². The minimum absolute atomic E-state index is 0.0365. The summed E-state index contributed by atoms with van der Waals surface area (Å²) in [5.41, 5.74) is 0. The topological polar surface area (TPSA) is 40.5 Å². The van der Waals surface area contributed by atoms with Gasteiger partial charge in [-0.15, -0.1) is 11.3 Å². The minimum Gasteiger partial charge on any atom is -0.395 e. The van der Waals surface area contributed by atoms with Crippen LogP contribution in [0.1, 0.15) is 35.4 Å². The van der Waals surface area contributed by atoms with E-state index in [1.54, 1.807) is 0 Å². The average Bonchev–Trinajstić information content (AvgIpc) is 2.95. The number of carbonyl (C=O) groups excluding carboxylic acids is 1. The van der Waals surface area contributed by atoms with Gasteiger partial charge in [0.05, 0.1) is 15.3 Å². The van der Waals surface area contributed by atoms with Gasteiger partial charge in [-0.05, 0) is 40.9 Å². The highest BCUT2D eigenvalue weighted by atomic mass is 79.9. The van der Waals surface area contributed by atoms with Crippen LogP contribution in [0, 0.1) is 0 Å². The van der Waals surface area contributed by atoms with Crippen molar-refractivity contribution in [3.8, 4) is 0 Å². The van der Waals surface area contributed by atoms with Crippen molar-refractivity contribution >= 4 is 33.2 Å². The Hall–Kier alpha value is -0.390. The number of hydrogen-bond donors (Lipinski definition) is 1. The van der Waals surface area contributed by atoms with Crippen LogP contribution < -0.4 is 0 Å². The van der Waals surface area contributed by atoms with E-state index in [9.17, 15) is 4.79 Å². The Morgan fingerprint density at radius 1 is 1.47 bits per heavy atom. The fourth-order valence-electron chi connectivity index (χ4n) is 2.34. The molecule has 0 bridgehead atoms. The number of aliphatic hydroxyl groups is 1. The third-order valence-electron chi connectivity index (χ3n) is 3.15. The van der Waals surface area contributed by atoms with Crippen molar-refractivity contribution in [2.75, 3.05) is 13.2 Å². The van der Waals surface area contributed by atoms with Crippen LogP contribution in [0.5, 0.6) is 0 Å². The minimum atomic E-state index is 0.0365. The van der Waals surface area contributed by atoms with E-state index in [1.165, 1.54) is 24.2 Å². The van der Waals surface area contributed by atoms with Crippen LogP contribution in [-0.4, -0.2) is 35.1 Å². The Labute approximate surface area is 114 Å². The SMILES string of the molecule is O=C(c1ccc(Br)s1)N(CCO)C1CCCC1. The van der Waals surface area contributed by atoms with E-state index >= 15 is 0 Å². The van der Waals surface area contributed by atoms with Crippen LogP contribution in [0.3, 0.4) is 0 Å². The van der Waals surface area contributed by atoms with Gasteiger partial charge >= 0.3 is 0 Å². The van der Waals surface area contributed by atoms with Gasteiger partial charge in [-0.25, -0.2) is 0 Å². The fraction of sp³-hybridized carbons (Fsp3) is 0.583. The molecule has 0 unspecified atom stereocenters. The van der Waals surface area contributed by atoms with E-state index in [0.29, 0.717) is 12.6 Å². The Kier molecular flexibility index (Phi) is 4.59. The molecule has 1 aliphatic carbocycles. The highest BCUT2D eigenvalue weighted by Gasteiger charge is 2.27. The number of thiophene rings is 1. The fourth-order valence-corrected chi connectivity index (χ4v) is 3.69. The summed E-state index contributed by atoms with van der Waals surface area (Å²) in [6.45, 7) is 0.480. The number of nitrogens with zero attached hydrogens (tertiary/aromatic N) is 1. The van der Waals surface area contributed by atoms with E-state index in [0.717, 1.165) is 21.5 Å². The molecular weight excluding hydrogens is 302 g/mol. The van der Waals surface area contributed by atoms with Gasteiger partial charge in [0.25, 0.3) is 5.91 Å². The summed E-state index contributed by atoms with van der Waals surface area (Å²) in [6.07, 6.45) is 4.51. The molecular formula is C12H16BrNO2S. The second kappa shape index (κ2) is 5.98. The molecule has 1 N–H and O–H groups in total. The van der Waals surface area contributed by atoms with E-state index in [1.807, 2.05) is 17.0 Å². The first kappa shape index (κ1) is 13.1. The lowest BCUT2D eigenvalue weighted by Gasteiger charge is -2.27. The van der Waals surface area contributed by atoms with Gasteiger partial charge in [0.15, 0.2) is 0 Å². The number of hydrogen-bond acceptors (Lipinski definition) is 3. The van der Waals surface area contributed by atoms with E-state index in [2.05, 4.69) is 15.9 Å². The molecule has 1 saturated carbocycles. The second-order valence-electron chi connectivity index (χ2n) is 4.26. The Morgan fingerprint density at radius 2 is 2.18 bits per heavy atom. The largest absolute Gasteiger partial charge is 0.395 e. The molecule has 0 spiro atoms. The van der Waals surface area contributed by atoms with Crippen LogP contribution in [0.25, 0.3) is 0 Å². The second-order valence-corrected chi connectivity index (χ2v) is 6.73. The molecule has 3 nitrogen and oxygen atoms in total. The summed E-state index contributed by atoms with van der Waals surface area (Å²) in [4.78, 5) is 14.9. The molecule has 0 aromatic carbocycles. The molecule has 0 radical (unpaired) electrons. The molecule has 0 saturated heterocycles. The molecule has 1 amide bonds. The first-order valence-electron chi connectivity index (χ1n) is 5.89. The maximum absolute atomic E-state index is 12.3. The summed E-state index contributed by atoms with van der Waals surface area (Å²) in [5.74, 6) is 0.0571. The number of rotatable bonds is 4. The Bertz CT molecular complexity index is 388. The summed E-state index contributed by atoms with van der Waals surface area (Å²) in [6, 6.07) is 4.05. The molecule has 1 fully saturated rings. The molecule has 1 aromatic rings. The van der Waals surface area contributed by atoms with Crippen LogP contribution >= 0.6 is 27.3 Å². The van der Waals surface area contributed by atoms with Crippen molar-refractivity contribution in [1.82, 2.24) is 4.90 Å². The maximum atomic E-state index is 12.3. The van der Waals surface area contributed by atoms with Crippen molar-refractivity contribution in [3.63, 3.8) is 0 Å². The number of carbonyl (C=O) groups is 1. The molecule has 1 heterocycles. The summed E-state index contributed by atoms with van der Waals surface area (Å²) in [5, 5.41) is 9.10. The molecule has 1 aromatic heterocycles. The maximum Gasteiger partial charge on any atom is 0.264 e. The van der Waals surface area contributed by atoms with Gasteiger partial charge < -0.3 is 10.0 Å². The normalized spacial score (nSPS) is 16.4. The lowest BCUT2D eigenvalue weighted by atomic mass is 10.2. The Morgan fingerprint density at radius 3 is 2.71 bits per heavy atom. The first-order chi connectivity index (χ1) is 8.22. The molecule has 5 heteroatoms. The van der Waals surface area contributed by atoms with Crippen molar-refractivity contribution in [2.24, 2.45) is 0 Å². The smallest absolute Gasteiger partial charge is 0.264 e. The monoisotopic (exact) mass is 317 g/mol. The van der Waals surface area contributed by atoms with Crippen molar-refractivity contribution < 1.29 is 9.90 Å². The van der Waals surface area contributed by atoms with Gasteiger partial charge in [0.1, 0.15) is 0 Å². The van der Waals surface area contributed by atoms with E-state index in [-0.39, 0.29) is 12.5 Å². The molecule has 0 aliphatic heterocycles. The predicted octanol–water partition coefficient (Wildman–Crippen LogP) is 2.89. The Balaban J connectivity index is 2.12. The zero-order chi connectivity index (χ0) is 12.3. The van der Waals surface area contributed by atoms with Gasteiger partial charge in [-0.1, -0.05) is 12.8 Å². The summed E-state index contributed by atoms with van der Waals surface area (Å²) >= 11 is 4.82. The van der Waals surface area contributed by atoms with Gasteiger partial charge in [-0.2, -0.15) is 0 Å². The van der Waals surface area contributed by atoms with Crippen molar-refractivity contribution in [3.05, 3.63) is 20.8 Å². The third kappa shape index (κ3) is 3.09. The first-order valence-corrected chi connectivity index (χ1v) is 7.50. The molecule has 2 rings (SSSR count). The van der Waals surface area contributed by atoms with Crippen LogP contribution in [-0.2, 0) is 0 Å².